The van der Waals surface area contributed by atoms with Crippen molar-refractivity contribution in [3.05, 3.63) is 77.9 Å². The molecule has 31 heavy (non-hydrogen) atoms. The molecular weight excluding hydrogens is 390 g/mol. The number of nitrogens with zero attached hydrogens (tertiary/aromatic N) is 1. The lowest BCUT2D eigenvalue weighted by molar-refractivity contribution is 0.0961. The lowest BCUT2D eigenvalue weighted by Gasteiger charge is -2.32. The molecule has 1 aliphatic rings. The van der Waals surface area contributed by atoms with Gasteiger partial charge in [0.1, 0.15) is 5.75 Å². The predicted octanol–water partition coefficient (Wildman–Crippen LogP) is 3.95. The summed E-state index contributed by atoms with van der Waals surface area (Å²) in [5.74, 6) is 0.480. The van der Waals surface area contributed by atoms with E-state index in [1.807, 2.05) is 18.2 Å². The summed E-state index contributed by atoms with van der Waals surface area (Å²) in [7, 11) is 1.68. The molecule has 160 valence electrons. The number of carbonyl (C=O) groups is 2. The van der Waals surface area contributed by atoms with Crippen LogP contribution in [0.15, 0.2) is 66.7 Å². The third-order valence-corrected chi connectivity index (χ3v) is 5.70. The molecule has 1 fully saturated rings. The highest BCUT2D eigenvalue weighted by atomic mass is 16.5. The molecule has 0 unspecified atom stereocenters. The Morgan fingerprint density at radius 3 is 2.42 bits per heavy atom. The smallest absolute Gasteiger partial charge is 0.321 e. The summed E-state index contributed by atoms with van der Waals surface area (Å²) >= 11 is 0. The molecule has 6 heteroatoms. The van der Waals surface area contributed by atoms with Gasteiger partial charge in [-0.15, -0.1) is 0 Å². The van der Waals surface area contributed by atoms with Crippen LogP contribution in [0.2, 0.25) is 0 Å². The van der Waals surface area contributed by atoms with Gasteiger partial charge in [0.25, 0.3) is 5.91 Å². The SMILES string of the molecule is COc1ccc2cc(CN3CCC(NC(=O)NC(=O)c4ccccc4)CC3)ccc2c1. The summed E-state index contributed by atoms with van der Waals surface area (Å²) in [6.07, 6.45) is 1.72. The first-order valence-corrected chi connectivity index (χ1v) is 10.6. The molecule has 2 N–H and O–H groups in total. The molecule has 0 atom stereocenters. The lowest BCUT2D eigenvalue weighted by atomic mass is 10.0. The van der Waals surface area contributed by atoms with Crippen LogP contribution in [-0.2, 0) is 6.54 Å². The van der Waals surface area contributed by atoms with Gasteiger partial charge in [-0.1, -0.05) is 36.4 Å². The third kappa shape index (κ3) is 5.41. The fraction of sp³-hybridized carbons (Fsp3) is 0.280. The van der Waals surface area contributed by atoms with Gasteiger partial charge in [-0.25, -0.2) is 4.79 Å². The quantitative estimate of drug-likeness (QED) is 0.659. The Balaban J connectivity index is 1.25. The van der Waals surface area contributed by atoms with Crippen LogP contribution in [0.5, 0.6) is 5.75 Å². The average Bonchev–Trinajstić information content (AvgIpc) is 2.80. The predicted molar refractivity (Wildman–Crippen MR) is 121 cm³/mol. The van der Waals surface area contributed by atoms with E-state index in [1.165, 1.54) is 16.3 Å². The zero-order valence-corrected chi connectivity index (χ0v) is 17.6. The number of benzene rings is 3. The first-order chi connectivity index (χ1) is 15.1. The van der Waals surface area contributed by atoms with E-state index >= 15 is 0 Å². The number of hydrogen-bond donors (Lipinski definition) is 2. The van der Waals surface area contributed by atoms with Crippen LogP contribution in [0, 0.1) is 0 Å². The molecule has 1 heterocycles. The van der Waals surface area contributed by atoms with Crippen molar-refractivity contribution in [1.29, 1.82) is 0 Å². The molecule has 3 amide bonds. The summed E-state index contributed by atoms with van der Waals surface area (Å²) in [6, 6.07) is 21.0. The average molecular weight is 418 g/mol. The highest BCUT2D eigenvalue weighted by molar-refractivity contribution is 6.04. The Bertz CT molecular complexity index is 1060. The number of carbonyl (C=O) groups excluding carboxylic acids is 2. The summed E-state index contributed by atoms with van der Waals surface area (Å²) in [5, 5.41) is 7.71. The normalized spacial score (nSPS) is 14.9. The minimum atomic E-state index is -0.433. The van der Waals surface area contributed by atoms with Crippen LogP contribution >= 0.6 is 0 Å². The molecule has 0 aliphatic carbocycles. The van der Waals surface area contributed by atoms with Crippen molar-refractivity contribution >= 4 is 22.7 Å². The van der Waals surface area contributed by atoms with E-state index in [0.717, 1.165) is 38.2 Å². The van der Waals surface area contributed by atoms with Crippen LogP contribution < -0.4 is 15.4 Å². The molecule has 1 saturated heterocycles. The first kappa shape index (κ1) is 20.9. The Hall–Kier alpha value is -3.38. The van der Waals surface area contributed by atoms with Gasteiger partial charge in [0.2, 0.25) is 0 Å². The molecule has 0 radical (unpaired) electrons. The van der Waals surface area contributed by atoms with E-state index in [0.29, 0.717) is 5.56 Å². The molecule has 1 aliphatic heterocycles. The van der Waals surface area contributed by atoms with E-state index in [4.69, 9.17) is 4.74 Å². The largest absolute Gasteiger partial charge is 0.497 e. The molecule has 0 spiro atoms. The van der Waals surface area contributed by atoms with E-state index in [-0.39, 0.29) is 11.9 Å². The number of urea groups is 1. The second kappa shape index (κ2) is 9.62. The minimum absolute atomic E-state index is 0.0730. The van der Waals surface area contributed by atoms with Gasteiger partial charge >= 0.3 is 6.03 Å². The number of likely N-dealkylation sites (tertiary alicyclic amines) is 1. The third-order valence-electron chi connectivity index (χ3n) is 5.70. The molecule has 3 aromatic carbocycles. The number of hydrogen-bond acceptors (Lipinski definition) is 4. The second-order valence-corrected chi connectivity index (χ2v) is 7.89. The fourth-order valence-electron chi connectivity index (χ4n) is 3.98. The van der Waals surface area contributed by atoms with Gasteiger partial charge < -0.3 is 10.1 Å². The Morgan fingerprint density at radius 2 is 1.68 bits per heavy atom. The van der Waals surface area contributed by atoms with Gasteiger partial charge in [0.15, 0.2) is 0 Å². The van der Waals surface area contributed by atoms with Crippen molar-refractivity contribution in [1.82, 2.24) is 15.5 Å². The molecule has 3 aromatic rings. The number of rotatable bonds is 5. The molecular formula is C25H27N3O3. The van der Waals surface area contributed by atoms with Crippen LogP contribution in [-0.4, -0.2) is 43.1 Å². The fourth-order valence-corrected chi connectivity index (χ4v) is 3.98. The van der Waals surface area contributed by atoms with Gasteiger partial charge in [-0.2, -0.15) is 0 Å². The molecule has 4 rings (SSSR count). The Labute approximate surface area is 182 Å². The topological polar surface area (TPSA) is 70.7 Å². The van der Waals surface area contributed by atoms with Gasteiger partial charge in [0, 0.05) is 31.2 Å². The number of piperidine rings is 1. The van der Waals surface area contributed by atoms with Crippen molar-refractivity contribution in [2.24, 2.45) is 0 Å². The van der Waals surface area contributed by atoms with Crippen LogP contribution in [0.4, 0.5) is 4.79 Å². The summed E-state index contributed by atoms with van der Waals surface area (Å²) in [5.41, 5.74) is 1.75. The second-order valence-electron chi connectivity index (χ2n) is 7.89. The maximum absolute atomic E-state index is 12.2. The minimum Gasteiger partial charge on any atom is -0.497 e. The van der Waals surface area contributed by atoms with Crippen molar-refractivity contribution in [3.63, 3.8) is 0 Å². The maximum atomic E-state index is 12.2. The summed E-state index contributed by atoms with van der Waals surface area (Å²) < 4.78 is 5.29. The van der Waals surface area contributed by atoms with Crippen molar-refractivity contribution in [2.75, 3.05) is 20.2 Å². The highest BCUT2D eigenvalue weighted by Crippen LogP contribution is 2.23. The molecule has 0 bridgehead atoms. The van der Waals surface area contributed by atoms with E-state index in [9.17, 15) is 9.59 Å². The first-order valence-electron chi connectivity index (χ1n) is 10.6. The summed E-state index contributed by atoms with van der Waals surface area (Å²) in [4.78, 5) is 26.7. The molecule has 6 nitrogen and oxygen atoms in total. The monoisotopic (exact) mass is 417 g/mol. The standard InChI is InChI=1S/C25H27N3O3/c1-31-23-10-9-20-15-18(7-8-21(20)16-23)17-28-13-11-22(12-14-28)26-25(30)27-24(29)19-5-3-2-4-6-19/h2-10,15-16,22H,11-14,17H2,1H3,(H2,26,27,29,30). The Kier molecular flexibility index (Phi) is 6.48. The zero-order valence-electron chi connectivity index (χ0n) is 17.6. The van der Waals surface area contributed by atoms with E-state index in [2.05, 4.69) is 39.8 Å². The summed E-state index contributed by atoms with van der Waals surface area (Å²) in [6.45, 7) is 2.68. The number of amides is 3. The van der Waals surface area contributed by atoms with Crippen molar-refractivity contribution in [2.45, 2.75) is 25.4 Å². The number of ether oxygens (including phenoxy) is 1. The van der Waals surface area contributed by atoms with Crippen LogP contribution in [0.3, 0.4) is 0 Å². The van der Waals surface area contributed by atoms with Gasteiger partial charge in [0.05, 0.1) is 7.11 Å². The molecule has 0 saturated carbocycles. The lowest BCUT2D eigenvalue weighted by Crippen LogP contribution is -2.49. The highest BCUT2D eigenvalue weighted by Gasteiger charge is 2.21. The molecule has 0 aromatic heterocycles. The number of imide groups is 1. The van der Waals surface area contributed by atoms with Crippen LogP contribution in [0.25, 0.3) is 10.8 Å². The maximum Gasteiger partial charge on any atom is 0.321 e. The number of nitrogens with one attached hydrogen (secondary N) is 2. The van der Waals surface area contributed by atoms with Gasteiger partial charge in [-0.05, 0) is 59.5 Å². The van der Waals surface area contributed by atoms with Crippen molar-refractivity contribution in [3.8, 4) is 5.75 Å². The number of fused-ring (bicyclic) bond motifs is 1. The Morgan fingerprint density at radius 1 is 0.968 bits per heavy atom. The van der Waals surface area contributed by atoms with E-state index < -0.39 is 6.03 Å². The van der Waals surface area contributed by atoms with Gasteiger partial charge in [-0.3, -0.25) is 15.0 Å². The zero-order chi connectivity index (χ0) is 21.6. The van der Waals surface area contributed by atoms with Crippen LogP contribution in [0.1, 0.15) is 28.8 Å². The van der Waals surface area contributed by atoms with Crippen molar-refractivity contribution < 1.29 is 14.3 Å². The number of methoxy groups -OCH3 is 1. The van der Waals surface area contributed by atoms with E-state index in [1.54, 1.807) is 31.4 Å².